The number of aliphatic hydroxyl groups is 1. The highest BCUT2D eigenvalue weighted by Crippen LogP contribution is 2.39. The molecule has 1 saturated heterocycles. The molecule has 2 aromatic rings. The Labute approximate surface area is 109 Å². The minimum Gasteiger partial charge on any atom is -0.394 e. The van der Waals surface area contributed by atoms with Crippen LogP contribution in [0.3, 0.4) is 0 Å². The molecular weight excluding hydrogens is 251 g/mol. The average Bonchev–Trinajstić information content (AvgIpc) is 2.94. The highest BCUT2D eigenvalue weighted by Gasteiger charge is 2.43. The molecule has 1 fully saturated rings. The van der Waals surface area contributed by atoms with Crippen molar-refractivity contribution in [3.8, 4) is 0 Å². The molecule has 19 heavy (non-hydrogen) atoms. The number of fused-ring (bicyclic) bond motifs is 1. The van der Waals surface area contributed by atoms with E-state index in [-0.39, 0.29) is 12.5 Å². The molecule has 7 heteroatoms. The predicted molar refractivity (Wildman–Crippen MR) is 66.2 cm³/mol. The van der Waals surface area contributed by atoms with Gasteiger partial charge in [0.05, 0.1) is 18.4 Å². The van der Waals surface area contributed by atoms with Gasteiger partial charge in [-0.05, 0) is 12.1 Å². The zero-order chi connectivity index (χ0) is 13.6. The Kier molecular flexibility index (Phi) is 2.87. The van der Waals surface area contributed by atoms with Gasteiger partial charge < -0.3 is 15.6 Å². The molecule has 6 nitrogen and oxygen atoms in total. The normalized spacial score (nSPS) is 31.1. The van der Waals surface area contributed by atoms with Crippen LogP contribution in [0.2, 0.25) is 0 Å². The van der Waals surface area contributed by atoms with Crippen LogP contribution in [0.4, 0.5) is 10.2 Å². The summed E-state index contributed by atoms with van der Waals surface area (Å²) in [6.45, 7) is 1.53. The summed E-state index contributed by atoms with van der Waals surface area (Å²) in [6, 6.07) is 3.46. The van der Waals surface area contributed by atoms with E-state index in [9.17, 15) is 9.50 Å². The van der Waals surface area contributed by atoms with E-state index < -0.39 is 18.4 Å². The van der Waals surface area contributed by atoms with Crippen LogP contribution in [-0.2, 0) is 4.74 Å². The maximum Gasteiger partial charge on any atom is 0.151 e. The first kappa shape index (κ1) is 12.3. The maximum absolute atomic E-state index is 14.3. The van der Waals surface area contributed by atoms with Crippen LogP contribution in [0.25, 0.3) is 5.52 Å². The number of aromatic nitrogens is 3. The third-order valence-electron chi connectivity index (χ3n) is 3.68. The average molecular weight is 266 g/mol. The van der Waals surface area contributed by atoms with Crippen molar-refractivity contribution in [2.24, 2.45) is 5.92 Å². The first-order valence-corrected chi connectivity index (χ1v) is 6.12. The largest absolute Gasteiger partial charge is 0.394 e. The second-order valence-electron chi connectivity index (χ2n) is 4.78. The standard InChI is InChI=1S/C12H15FN4O2/c1-6-9(4-18)19-11(10(6)13)7-2-3-8-12(14)15-5-16-17(7)8/h2-3,5-6,9-11,18H,4H2,1H3,(H2,14,15,16)/t6-,9-,10-,11+/m1/s1. The van der Waals surface area contributed by atoms with E-state index in [0.717, 1.165) is 0 Å². The molecule has 102 valence electrons. The van der Waals surface area contributed by atoms with Crippen molar-refractivity contribution in [1.82, 2.24) is 14.6 Å². The lowest BCUT2D eigenvalue weighted by Gasteiger charge is -2.13. The molecule has 3 rings (SSSR count). The molecule has 4 atom stereocenters. The third-order valence-corrected chi connectivity index (χ3v) is 3.68. The number of hydrogen-bond acceptors (Lipinski definition) is 5. The molecule has 0 aromatic carbocycles. The summed E-state index contributed by atoms with van der Waals surface area (Å²) in [5.41, 5.74) is 6.94. The fourth-order valence-corrected chi connectivity index (χ4v) is 2.50. The third kappa shape index (κ3) is 1.77. The SMILES string of the molecule is C[C@H]1[C@@H](F)[C@H](c2ccc3c(N)ncnn23)O[C@@H]1CO. The Morgan fingerprint density at radius 2 is 2.32 bits per heavy atom. The number of nitrogens with two attached hydrogens (primary N) is 1. The van der Waals surface area contributed by atoms with Gasteiger partial charge in [-0.25, -0.2) is 13.9 Å². The molecule has 3 N–H and O–H groups in total. The van der Waals surface area contributed by atoms with Crippen molar-refractivity contribution >= 4 is 11.3 Å². The molecule has 0 saturated carbocycles. The fourth-order valence-electron chi connectivity index (χ4n) is 2.50. The van der Waals surface area contributed by atoms with Crippen molar-refractivity contribution in [3.05, 3.63) is 24.2 Å². The molecule has 1 aliphatic rings. The van der Waals surface area contributed by atoms with Gasteiger partial charge in [0.15, 0.2) is 5.82 Å². The fraction of sp³-hybridized carbons (Fsp3) is 0.500. The van der Waals surface area contributed by atoms with Gasteiger partial charge in [-0.2, -0.15) is 5.10 Å². The summed E-state index contributed by atoms with van der Waals surface area (Å²) in [5, 5.41) is 13.3. The van der Waals surface area contributed by atoms with Gasteiger partial charge in [-0.3, -0.25) is 0 Å². The van der Waals surface area contributed by atoms with Gasteiger partial charge in [0.25, 0.3) is 0 Å². The van der Waals surface area contributed by atoms with Crippen LogP contribution in [0.15, 0.2) is 18.5 Å². The van der Waals surface area contributed by atoms with E-state index in [2.05, 4.69) is 10.1 Å². The lowest BCUT2D eigenvalue weighted by molar-refractivity contribution is -0.00712. The molecule has 2 aromatic heterocycles. The summed E-state index contributed by atoms with van der Waals surface area (Å²) in [5.74, 6) is -0.0267. The zero-order valence-corrected chi connectivity index (χ0v) is 10.4. The molecule has 0 unspecified atom stereocenters. The highest BCUT2D eigenvalue weighted by atomic mass is 19.1. The van der Waals surface area contributed by atoms with E-state index in [1.165, 1.54) is 10.8 Å². The van der Waals surface area contributed by atoms with Crippen molar-refractivity contribution < 1.29 is 14.2 Å². The topological polar surface area (TPSA) is 85.7 Å². The maximum atomic E-state index is 14.3. The number of aliphatic hydroxyl groups excluding tert-OH is 1. The summed E-state index contributed by atoms with van der Waals surface area (Å²) in [6.07, 6.45) is -1.11. The van der Waals surface area contributed by atoms with Crippen LogP contribution < -0.4 is 5.73 Å². The van der Waals surface area contributed by atoms with E-state index in [1.807, 2.05) is 0 Å². The van der Waals surface area contributed by atoms with Gasteiger partial charge in [0, 0.05) is 5.92 Å². The predicted octanol–water partition coefficient (Wildman–Crippen LogP) is 0.718. The molecule has 0 amide bonds. The van der Waals surface area contributed by atoms with Gasteiger partial charge in [0.1, 0.15) is 24.1 Å². The quantitative estimate of drug-likeness (QED) is 0.836. The first-order valence-electron chi connectivity index (χ1n) is 6.12. The Bertz CT molecular complexity index is 602. The number of hydrogen-bond donors (Lipinski definition) is 2. The van der Waals surface area contributed by atoms with Crippen molar-refractivity contribution in [1.29, 1.82) is 0 Å². The zero-order valence-electron chi connectivity index (χ0n) is 10.4. The summed E-state index contributed by atoms with van der Waals surface area (Å²) in [7, 11) is 0. The smallest absolute Gasteiger partial charge is 0.151 e. The highest BCUT2D eigenvalue weighted by molar-refractivity contribution is 5.65. The van der Waals surface area contributed by atoms with Crippen LogP contribution >= 0.6 is 0 Å². The van der Waals surface area contributed by atoms with Crippen LogP contribution in [0.1, 0.15) is 18.7 Å². The van der Waals surface area contributed by atoms with Gasteiger partial charge in [-0.15, -0.1) is 0 Å². The lowest BCUT2D eigenvalue weighted by Crippen LogP contribution is -2.21. The minimum atomic E-state index is -1.19. The summed E-state index contributed by atoms with van der Waals surface area (Å²) in [4.78, 5) is 3.88. The Balaban J connectivity index is 2.04. The number of anilines is 1. The number of nitrogens with zero attached hydrogens (tertiary/aromatic N) is 3. The second-order valence-corrected chi connectivity index (χ2v) is 4.78. The summed E-state index contributed by atoms with van der Waals surface area (Å²) >= 11 is 0. The Morgan fingerprint density at radius 1 is 1.53 bits per heavy atom. The minimum absolute atomic E-state index is 0.196. The van der Waals surface area contributed by atoms with Crippen molar-refractivity contribution in [3.63, 3.8) is 0 Å². The molecule has 1 aliphatic heterocycles. The first-order chi connectivity index (χ1) is 9.13. The monoisotopic (exact) mass is 266 g/mol. The van der Waals surface area contributed by atoms with E-state index in [4.69, 9.17) is 10.5 Å². The molecule has 0 bridgehead atoms. The van der Waals surface area contributed by atoms with Gasteiger partial charge in [-0.1, -0.05) is 6.92 Å². The van der Waals surface area contributed by atoms with E-state index in [1.54, 1.807) is 19.1 Å². The number of ether oxygens (including phenoxy) is 1. The molecule has 0 spiro atoms. The van der Waals surface area contributed by atoms with Gasteiger partial charge in [0.2, 0.25) is 0 Å². The number of alkyl halides is 1. The van der Waals surface area contributed by atoms with Gasteiger partial charge >= 0.3 is 0 Å². The lowest BCUT2D eigenvalue weighted by atomic mass is 9.99. The Morgan fingerprint density at radius 3 is 3.00 bits per heavy atom. The van der Waals surface area contributed by atoms with E-state index in [0.29, 0.717) is 17.0 Å². The second kappa shape index (κ2) is 4.43. The van der Waals surface area contributed by atoms with Crippen molar-refractivity contribution in [2.45, 2.75) is 25.3 Å². The number of halogens is 1. The molecule has 0 radical (unpaired) electrons. The molecular formula is C12H15FN4O2. The van der Waals surface area contributed by atoms with Crippen LogP contribution in [-0.4, -0.2) is 38.6 Å². The molecule has 3 heterocycles. The summed E-state index contributed by atoms with van der Waals surface area (Å²) < 4.78 is 21.4. The van der Waals surface area contributed by atoms with Crippen LogP contribution in [0.5, 0.6) is 0 Å². The molecule has 0 aliphatic carbocycles. The Hall–Kier alpha value is -1.73. The van der Waals surface area contributed by atoms with Crippen molar-refractivity contribution in [2.75, 3.05) is 12.3 Å². The van der Waals surface area contributed by atoms with Crippen LogP contribution in [0, 0.1) is 5.92 Å². The number of rotatable bonds is 2. The number of nitrogen functional groups attached to an aromatic ring is 1. The van der Waals surface area contributed by atoms with E-state index >= 15 is 0 Å².